The Hall–Kier alpha value is -2.04. The quantitative estimate of drug-likeness (QED) is 0.927. The van der Waals surface area contributed by atoms with E-state index in [-0.39, 0.29) is 18.2 Å². The maximum atomic E-state index is 12.3. The van der Waals surface area contributed by atoms with Gasteiger partial charge >= 0.3 is 0 Å². The number of fused-ring (bicyclic) bond motifs is 1. The lowest BCUT2D eigenvalue weighted by atomic mass is 10.1. The highest BCUT2D eigenvalue weighted by Crippen LogP contribution is 2.30. The Morgan fingerprint density at radius 2 is 2.05 bits per heavy atom. The fourth-order valence-corrected chi connectivity index (χ4v) is 3.02. The van der Waals surface area contributed by atoms with Gasteiger partial charge in [0.1, 0.15) is 5.75 Å². The molecule has 5 nitrogen and oxygen atoms in total. The van der Waals surface area contributed by atoms with E-state index in [4.69, 9.17) is 4.74 Å². The second-order valence-electron chi connectivity index (χ2n) is 5.74. The van der Waals surface area contributed by atoms with Gasteiger partial charge in [-0.2, -0.15) is 0 Å². The van der Waals surface area contributed by atoms with E-state index in [2.05, 4.69) is 5.32 Å². The molecule has 1 atom stereocenters. The van der Waals surface area contributed by atoms with Gasteiger partial charge in [0.2, 0.25) is 5.91 Å². The first-order chi connectivity index (χ1) is 10.1. The summed E-state index contributed by atoms with van der Waals surface area (Å²) in [7, 11) is 1.83. The summed E-state index contributed by atoms with van der Waals surface area (Å²) >= 11 is 0. The van der Waals surface area contributed by atoms with Gasteiger partial charge in [-0.05, 0) is 25.0 Å². The van der Waals surface area contributed by atoms with Crippen molar-refractivity contribution in [2.75, 3.05) is 12.4 Å². The fourth-order valence-electron chi connectivity index (χ4n) is 3.02. The SMILES string of the molecule is CN(C(=O)CC1Oc2ccccc2NC1=O)C1CCCC1. The highest BCUT2D eigenvalue weighted by molar-refractivity contribution is 5.99. The standard InChI is InChI=1S/C16H20N2O3/c1-18(11-6-2-3-7-11)15(19)10-14-16(20)17-12-8-4-5-9-13(12)21-14/h4-5,8-9,11,14H,2-3,6-7,10H2,1H3,(H,17,20). The second-order valence-corrected chi connectivity index (χ2v) is 5.74. The largest absolute Gasteiger partial charge is 0.478 e. The number of hydrogen-bond acceptors (Lipinski definition) is 3. The number of para-hydroxylation sites is 2. The summed E-state index contributed by atoms with van der Waals surface area (Å²) in [6.07, 6.45) is 3.82. The Bertz CT molecular complexity index is 552. The van der Waals surface area contributed by atoms with Gasteiger partial charge in [0.25, 0.3) is 5.91 Å². The number of hydrogen-bond donors (Lipinski definition) is 1. The minimum absolute atomic E-state index is 0.0265. The number of carbonyl (C=O) groups is 2. The first-order valence-electron chi connectivity index (χ1n) is 7.47. The van der Waals surface area contributed by atoms with Gasteiger partial charge in [0.05, 0.1) is 12.1 Å². The van der Waals surface area contributed by atoms with Gasteiger partial charge in [-0.1, -0.05) is 25.0 Å². The maximum absolute atomic E-state index is 12.3. The summed E-state index contributed by atoms with van der Waals surface area (Å²) in [4.78, 5) is 26.1. The molecule has 1 aliphatic carbocycles. The molecule has 2 aliphatic rings. The van der Waals surface area contributed by atoms with Crippen LogP contribution >= 0.6 is 0 Å². The minimum atomic E-state index is -0.740. The molecule has 1 unspecified atom stereocenters. The van der Waals surface area contributed by atoms with Crippen molar-refractivity contribution in [2.45, 2.75) is 44.2 Å². The molecule has 0 radical (unpaired) electrons. The smallest absolute Gasteiger partial charge is 0.266 e. The van der Waals surface area contributed by atoms with Crippen LogP contribution in [0.25, 0.3) is 0 Å². The van der Waals surface area contributed by atoms with Crippen LogP contribution in [0.5, 0.6) is 5.75 Å². The molecule has 0 aromatic heterocycles. The normalized spacial score (nSPS) is 21.4. The summed E-state index contributed by atoms with van der Waals surface area (Å²) in [5.41, 5.74) is 0.662. The van der Waals surface area contributed by atoms with Crippen LogP contribution in [0, 0.1) is 0 Å². The first kappa shape index (κ1) is 13.9. The molecule has 1 aliphatic heterocycles. The Labute approximate surface area is 124 Å². The molecule has 1 aromatic rings. The Kier molecular flexibility index (Phi) is 3.82. The maximum Gasteiger partial charge on any atom is 0.266 e. The van der Waals surface area contributed by atoms with E-state index in [1.54, 1.807) is 17.0 Å². The van der Waals surface area contributed by atoms with Crippen molar-refractivity contribution in [3.8, 4) is 5.75 Å². The zero-order valence-corrected chi connectivity index (χ0v) is 12.2. The molecule has 2 amide bonds. The van der Waals surface area contributed by atoms with E-state index in [1.165, 1.54) is 12.8 Å². The molecule has 0 spiro atoms. The molecule has 1 saturated carbocycles. The molecule has 1 fully saturated rings. The molecular weight excluding hydrogens is 268 g/mol. The van der Waals surface area contributed by atoms with Crippen LogP contribution in [0.4, 0.5) is 5.69 Å². The predicted molar refractivity (Wildman–Crippen MR) is 79.1 cm³/mol. The van der Waals surface area contributed by atoms with Crippen LogP contribution in [-0.4, -0.2) is 35.9 Å². The molecule has 112 valence electrons. The molecule has 0 saturated heterocycles. The monoisotopic (exact) mass is 288 g/mol. The van der Waals surface area contributed by atoms with Crippen molar-refractivity contribution in [2.24, 2.45) is 0 Å². The van der Waals surface area contributed by atoms with Gasteiger partial charge in [-0.15, -0.1) is 0 Å². The Balaban J connectivity index is 1.65. The van der Waals surface area contributed by atoms with Gasteiger partial charge in [0, 0.05) is 13.1 Å². The summed E-state index contributed by atoms with van der Waals surface area (Å²) in [5.74, 6) is 0.349. The van der Waals surface area contributed by atoms with Crippen LogP contribution < -0.4 is 10.1 Å². The summed E-state index contributed by atoms with van der Waals surface area (Å²) in [6, 6.07) is 7.58. The average molecular weight is 288 g/mol. The number of carbonyl (C=O) groups excluding carboxylic acids is 2. The number of benzene rings is 1. The molecule has 3 rings (SSSR count). The van der Waals surface area contributed by atoms with Crippen LogP contribution in [0.2, 0.25) is 0 Å². The summed E-state index contributed by atoms with van der Waals surface area (Å²) in [6.45, 7) is 0. The predicted octanol–water partition coefficient (Wildman–Crippen LogP) is 2.18. The number of anilines is 1. The van der Waals surface area contributed by atoms with Crippen LogP contribution in [-0.2, 0) is 9.59 Å². The van der Waals surface area contributed by atoms with E-state index < -0.39 is 6.10 Å². The zero-order valence-electron chi connectivity index (χ0n) is 12.2. The third-order valence-corrected chi connectivity index (χ3v) is 4.33. The fraction of sp³-hybridized carbons (Fsp3) is 0.500. The van der Waals surface area contributed by atoms with Gasteiger partial charge in [-0.25, -0.2) is 0 Å². The van der Waals surface area contributed by atoms with Crippen molar-refractivity contribution in [1.29, 1.82) is 0 Å². The molecule has 0 bridgehead atoms. The first-order valence-corrected chi connectivity index (χ1v) is 7.47. The van der Waals surface area contributed by atoms with E-state index in [9.17, 15) is 9.59 Å². The van der Waals surface area contributed by atoms with Crippen molar-refractivity contribution in [1.82, 2.24) is 4.90 Å². The third kappa shape index (κ3) is 2.86. The van der Waals surface area contributed by atoms with E-state index in [1.807, 2.05) is 19.2 Å². The topological polar surface area (TPSA) is 58.6 Å². The summed E-state index contributed by atoms with van der Waals surface area (Å²) in [5, 5.41) is 2.79. The zero-order chi connectivity index (χ0) is 14.8. The highest BCUT2D eigenvalue weighted by Gasteiger charge is 2.32. The third-order valence-electron chi connectivity index (χ3n) is 4.33. The van der Waals surface area contributed by atoms with Crippen LogP contribution in [0.1, 0.15) is 32.1 Å². The van der Waals surface area contributed by atoms with Crippen LogP contribution in [0.15, 0.2) is 24.3 Å². The molecule has 1 N–H and O–H groups in total. The number of ether oxygens (including phenoxy) is 1. The lowest BCUT2D eigenvalue weighted by Crippen LogP contribution is -2.43. The van der Waals surface area contributed by atoms with Crippen molar-refractivity contribution in [3.63, 3.8) is 0 Å². The number of nitrogens with zero attached hydrogens (tertiary/aromatic N) is 1. The number of amides is 2. The molecule has 5 heteroatoms. The Morgan fingerprint density at radius 1 is 1.33 bits per heavy atom. The average Bonchev–Trinajstić information content (AvgIpc) is 3.01. The van der Waals surface area contributed by atoms with E-state index >= 15 is 0 Å². The Morgan fingerprint density at radius 3 is 2.81 bits per heavy atom. The van der Waals surface area contributed by atoms with E-state index in [0.717, 1.165) is 12.8 Å². The van der Waals surface area contributed by atoms with Crippen molar-refractivity contribution in [3.05, 3.63) is 24.3 Å². The minimum Gasteiger partial charge on any atom is -0.478 e. The van der Waals surface area contributed by atoms with Crippen LogP contribution in [0.3, 0.4) is 0 Å². The van der Waals surface area contributed by atoms with Gasteiger partial charge < -0.3 is 15.0 Å². The van der Waals surface area contributed by atoms with Crippen molar-refractivity contribution < 1.29 is 14.3 Å². The molecule has 1 heterocycles. The second kappa shape index (κ2) is 5.76. The van der Waals surface area contributed by atoms with Gasteiger partial charge in [0.15, 0.2) is 6.10 Å². The molecule has 21 heavy (non-hydrogen) atoms. The number of nitrogens with one attached hydrogen (secondary N) is 1. The lowest BCUT2D eigenvalue weighted by molar-refractivity contribution is -0.137. The van der Waals surface area contributed by atoms with Crippen molar-refractivity contribution >= 4 is 17.5 Å². The van der Waals surface area contributed by atoms with Gasteiger partial charge in [-0.3, -0.25) is 9.59 Å². The number of rotatable bonds is 3. The highest BCUT2D eigenvalue weighted by atomic mass is 16.5. The van der Waals surface area contributed by atoms with E-state index in [0.29, 0.717) is 17.5 Å². The molecular formula is C16H20N2O3. The lowest BCUT2D eigenvalue weighted by Gasteiger charge is -2.29. The molecule has 1 aromatic carbocycles. The summed E-state index contributed by atoms with van der Waals surface area (Å²) < 4.78 is 5.67.